The van der Waals surface area contributed by atoms with E-state index in [-0.39, 0.29) is 5.91 Å². The molecule has 0 bridgehead atoms. The Bertz CT molecular complexity index is 714. The molecule has 1 aliphatic rings. The molecule has 0 aliphatic carbocycles. The van der Waals surface area contributed by atoms with Crippen molar-refractivity contribution in [1.82, 2.24) is 10.2 Å². The summed E-state index contributed by atoms with van der Waals surface area (Å²) < 4.78 is 5.62. The lowest BCUT2D eigenvalue weighted by molar-refractivity contribution is -0.119. The van der Waals surface area contributed by atoms with Crippen LogP contribution in [-0.4, -0.2) is 37.6 Å². The quantitative estimate of drug-likeness (QED) is 0.917. The van der Waals surface area contributed by atoms with Gasteiger partial charge in [0, 0.05) is 32.1 Å². The summed E-state index contributed by atoms with van der Waals surface area (Å²) in [5, 5.41) is 5.48. The fraction of sp³-hybridized carbons (Fsp3) is 0.450. The van der Waals surface area contributed by atoms with Crippen molar-refractivity contribution in [2.45, 2.75) is 26.3 Å². The summed E-state index contributed by atoms with van der Waals surface area (Å²) >= 11 is 0. The second kappa shape index (κ2) is 7.67. The van der Waals surface area contributed by atoms with Crippen LogP contribution in [0.2, 0.25) is 0 Å². The molecule has 3 rings (SSSR count). The van der Waals surface area contributed by atoms with Gasteiger partial charge in [-0.15, -0.1) is 0 Å². The minimum atomic E-state index is 0.0582. The molecule has 1 amide bonds. The maximum atomic E-state index is 11.1. The third-order valence-corrected chi connectivity index (χ3v) is 4.84. The first kappa shape index (κ1) is 16.8. The van der Waals surface area contributed by atoms with Gasteiger partial charge in [0.05, 0.1) is 7.11 Å². The molecule has 1 fully saturated rings. The predicted molar refractivity (Wildman–Crippen MR) is 97.2 cm³/mol. The summed E-state index contributed by atoms with van der Waals surface area (Å²) in [6.07, 6.45) is 2.36. The molecule has 1 saturated heterocycles. The molecule has 4 nitrogen and oxygen atoms in total. The zero-order chi connectivity index (χ0) is 16.9. The number of hydrogen-bond donors (Lipinski definition) is 1. The average Bonchev–Trinajstić information content (AvgIpc) is 2.60. The highest BCUT2D eigenvalue weighted by atomic mass is 16.5. The van der Waals surface area contributed by atoms with Crippen LogP contribution in [0.25, 0.3) is 10.8 Å². The first-order valence-corrected chi connectivity index (χ1v) is 8.69. The van der Waals surface area contributed by atoms with Crippen LogP contribution in [0.1, 0.15) is 25.3 Å². The highest BCUT2D eigenvalue weighted by Gasteiger charge is 2.21. The van der Waals surface area contributed by atoms with E-state index in [9.17, 15) is 4.79 Å². The Morgan fingerprint density at radius 1 is 1.29 bits per heavy atom. The van der Waals surface area contributed by atoms with Gasteiger partial charge in [-0.2, -0.15) is 0 Å². The van der Waals surface area contributed by atoms with E-state index in [0.29, 0.717) is 5.92 Å². The van der Waals surface area contributed by atoms with Crippen molar-refractivity contribution in [3.05, 3.63) is 42.0 Å². The second-order valence-corrected chi connectivity index (χ2v) is 6.65. The number of carbonyl (C=O) groups excluding carboxylic acids is 1. The monoisotopic (exact) mass is 326 g/mol. The van der Waals surface area contributed by atoms with Gasteiger partial charge in [-0.1, -0.05) is 30.3 Å². The number of methoxy groups -OCH3 is 1. The van der Waals surface area contributed by atoms with Gasteiger partial charge in [0.25, 0.3) is 0 Å². The van der Waals surface area contributed by atoms with Crippen LogP contribution in [0, 0.1) is 5.92 Å². The summed E-state index contributed by atoms with van der Waals surface area (Å²) in [6, 6.07) is 12.7. The van der Waals surface area contributed by atoms with E-state index in [1.165, 1.54) is 29.2 Å². The topological polar surface area (TPSA) is 41.6 Å². The minimum Gasteiger partial charge on any atom is -0.496 e. The van der Waals surface area contributed by atoms with E-state index in [2.05, 4.69) is 46.6 Å². The maximum Gasteiger partial charge on any atom is 0.216 e. The lowest BCUT2D eigenvalue weighted by Gasteiger charge is -2.33. The second-order valence-electron chi connectivity index (χ2n) is 6.65. The molecule has 1 heterocycles. The summed E-state index contributed by atoms with van der Waals surface area (Å²) in [4.78, 5) is 13.6. The Hall–Kier alpha value is -2.07. The number of nitrogens with one attached hydrogen (secondary N) is 1. The molecule has 1 unspecified atom stereocenters. The number of hydrogen-bond acceptors (Lipinski definition) is 3. The van der Waals surface area contributed by atoms with E-state index in [1.807, 2.05) is 0 Å². The molecule has 128 valence electrons. The molecule has 0 spiro atoms. The highest BCUT2D eigenvalue weighted by Crippen LogP contribution is 2.30. The summed E-state index contributed by atoms with van der Waals surface area (Å²) in [5.41, 5.74) is 1.26. The number of likely N-dealkylation sites (tertiary alicyclic amines) is 1. The lowest BCUT2D eigenvalue weighted by Crippen LogP contribution is -2.40. The van der Waals surface area contributed by atoms with Crippen LogP contribution in [0.5, 0.6) is 5.75 Å². The Labute approximate surface area is 143 Å². The first-order valence-electron chi connectivity index (χ1n) is 8.69. The Morgan fingerprint density at radius 3 is 2.92 bits per heavy atom. The van der Waals surface area contributed by atoms with Gasteiger partial charge < -0.3 is 10.1 Å². The van der Waals surface area contributed by atoms with Crippen molar-refractivity contribution < 1.29 is 9.53 Å². The molecule has 0 aromatic heterocycles. The SMILES string of the molecule is COc1ccc2ccccc2c1CN1CCCC(CNC(C)=O)C1. The third kappa shape index (κ3) is 3.88. The lowest BCUT2D eigenvalue weighted by atomic mass is 9.96. The molecule has 2 aromatic carbocycles. The van der Waals surface area contributed by atoms with Crippen molar-refractivity contribution in [3.8, 4) is 5.75 Å². The van der Waals surface area contributed by atoms with Crippen LogP contribution in [0.4, 0.5) is 0 Å². The maximum absolute atomic E-state index is 11.1. The van der Waals surface area contributed by atoms with Crippen LogP contribution >= 0.6 is 0 Å². The van der Waals surface area contributed by atoms with E-state index >= 15 is 0 Å². The van der Waals surface area contributed by atoms with Crippen LogP contribution in [0.15, 0.2) is 36.4 Å². The van der Waals surface area contributed by atoms with Gasteiger partial charge in [0.2, 0.25) is 5.91 Å². The molecule has 4 heteroatoms. The third-order valence-electron chi connectivity index (χ3n) is 4.84. The van der Waals surface area contributed by atoms with Crippen molar-refractivity contribution in [2.75, 3.05) is 26.7 Å². The zero-order valence-corrected chi connectivity index (χ0v) is 14.5. The molecule has 0 radical (unpaired) electrons. The molecule has 24 heavy (non-hydrogen) atoms. The van der Waals surface area contributed by atoms with Gasteiger partial charge in [-0.3, -0.25) is 9.69 Å². The van der Waals surface area contributed by atoms with Gasteiger partial charge in [0.1, 0.15) is 5.75 Å². The highest BCUT2D eigenvalue weighted by molar-refractivity contribution is 5.87. The largest absolute Gasteiger partial charge is 0.496 e. The van der Waals surface area contributed by atoms with Gasteiger partial charge in [-0.25, -0.2) is 0 Å². The van der Waals surface area contributed by atoms with Crippen molar-refractivity contribution in [3.63, 3.8) is 0 Å². The van der Waals surface area contributed by atoms with Crippen LogP contribution < -0.4 is 10.1 Å². The fourth-order valence-corrected chi connectivity index (χ4v) is 3.64. The molecule has 1 aliphatic heterocycles. The average molecular weight is 326 g/mol. The van der Waals surface area contributed by atoms with Gasteiger partial charge >= 0.3 is 0 Å². The molecule has 1 atom stereocenters. The smallest absolute Gasteiger partial charge is 0.216 e. The van der Waals surface area contributed by atoms with Crippen molar-refractivity contribution in [2.24, 2.45) is 5.92 Å². The van der Waals surface area contributed by atoms with Crippen LogP contribution in [0.3, 0.4) is 0 Å². The standard InChI is InChI=1S/C20H26N2O2/c1-15(23)21-12-16-6-5-11-22(13-16)14-19-18-8-4-3-7-17(18)9-10-20(19)24-2/h3-4,7-10,16H,5-6,11-14H2,1-2H3,(H,21,23). The number of benzene rings is 2. The van der Waals surface area contributed by atoms with Crippen LogP contribution in [-0.2, 0) is 11.3 Å². The Kier molecular flexibility index (Phi) is 5.36. The van der Waals surface area contributed by atoms with E-state index < -0.39 is 0 Å². The molecule has 2 aromatic rings. The number of carbonyl (C=O) groups is 1. The van der Waals surface area contributed by atoms with Crippen molar-refractivity contribution >= 4 is 16.7 Å². The number of amides is 1. The summed E-state index contributed by atoms with van der Waals surface area (Å²) in [5.74, 6) is 1.55. The zero-order valence-electron chi connectivity index (χ0n) is 14.5. The van der Waals surface area contributed by atoms with E-state index in [1.54, 1.807) is 14.0 Å². The Balaban J connectivity index is 1.77. The van der Waals surface area contributed by atoms with E-state index in [4.69, 9.17) is 4.74 Å². The molecular weight excluding hydrogens is 300 g/mol. The number of fused-ring (bicyclic) bond motifs is 1. The molecular formula is C20H26N2O2. The van der Waals surface area contributed by atoms with Gasteiger partial charge in [-0.05, 0) is 42.1 Å². The molecule has 1 N–H and O–H groups in total. The molecule has 0 saturated carbocycles. The number of rotatable bonds is 5. The number of piperidine rings is 1. The van der Waals surface area contributed by atoms with E-state index in [0.717, 1.165) is 31.9 Å². The normalized spacial score (nSPS) is 18.5. The predicted octanol–water partition coefficient (Wildman–Crippen LogP) is 3.20. The first-order chi connectivity index (χ1) is 11.7. The number of nitrogens with zero attached hydrogens (tertiary/aromatic N) is 1. The summed E-state index contributed by atoms with van der Waals surface area (Å²) in [6.45, 7) is 5.37. The minimum absolute atomic E-state index is 0.0582. The van der Waals surface area contributed by atoms with Crippen molar-refractivity contribution in [1.29, 1.82) is 0 Å². The summed E-state index contributed by atoms with van der Waals surface area (Å²) in [7, 11) is 1.74. The Morgan fingerprint density at radius 2 is 2.12 bits per heavy atom. The van der Waals surface area contributed by atoms with Gasteiger partial charge in [0.15, 0.2) is 0 Å². The number of ether oxygens (including phenoxy) is 1. The fourth-order valence-electron chi connectivity index (χ4n) is 3.64.